The normalized spacial score (nSPS) is 15.8. The summed E-state index contributed by atoms with van der Waals surface area (Å²) in [5, 5.41) is 2.62. The lowest BCUT2D eigenvalue weighted by atomic mass is 10.0. The number of carbonyl (C=O) groups is 3. The van der Waals surface area contributed by atoms with Crippen LogP contribution in [0.2, 0.25) is 0 Å². The Morgan fingerprint density at radius 3 is 1.74 bits per heavy atom. The Balaban J connectivity index is 3.32. The van der Waals surface area contributed by atoms with Crippen LogP contribution in [0.1, 0.15) is 68.7 Å². The zero-order valence-electron chi connectivity index (χ0n) is 22.2. The molecule has 2 unspecified atom stereocenters. The van der Waals surface area contributed by atoms with Gasteiger partial charge in [0.1, 0.15) is 22.8 Å². The number of benzene rings is 1. The number of esters is 2. The summed E-state index contributed by atoms with van der Waals surface area (Å²) in [6, 6.07) is 6.62. The number of nitrogens with one attached hydrogen (secondary N) is 1. The largest absolute Gasteiger partial charge is 0.460 e. The summed E-state index contributed by atoms with van der Waals surface area (Å²) >= 11 is 0. The van der Waals surface area contributed by atoms with E-state index in [0.29, 0.717) is 0 Å². The third-order valence-corrected chi connectivity index (χ3v) is 6.31. The van der Waals surface area contributed by atoms with Gasteiger partial charge in [-0.2, -0.15) is 0 Å². The molecule has 9 nitrogen and oxygen atoms in total. The van der Waals surface area contributed by atoms with E-state index in [1.807, 2.05) is 0 Å². The maximum atomic E-state index is 13.2. The Hall–Kier alpha value is -2.38. The molecule has 1 amide bonds. The number of carbonyl (C=O) groups excluding carboxylic acids is 3. The van der Waals surface area contributed by atoms with Crippen molar-refractivity contribution in [3.63, 3.8) is 0 Å². The van der Waals surface area contributed by atoms with Crippen molar-refractivity contribution in [2.75, 3.05) is 6.16 Å². The monoisotopic (exact) mass is 513 g/mol. The molecule has 0 saturated carbocycles. The summed E-state index contributed by atoms with van der Waals surface area (Å²) in [5.74, 6) is -2.76. The molecular formula is C25H40NO8P. The highest BCUT2D eigenvalue weighted by Crippen LogP contribution is 2.42. The van der Waals surface area contributed by atoms with Gasteiger partial charge in [-0.1, -0.05) is 18.2 Å². The highest BCUT2D eigenvalue weighted by atomic mass is 31.2. The van der Waals surface area contributed by atoms with E-state index in [-0.39, 0.29) is 11.7 Å². The zero-order chi connectivity index (χ0) is 27.2. The van der Waals surface area contributed by atoms with E-state index < -0.39 is 60.3 Å². The third kappa shape index (κ3) is 12.2. The van der Waals surface area contributed by atoms with Gasteiger partial charge in [-0.3, -0.25) is 9.36 Å². The van der Waals surface area contributed by atoms with Gasteiger partial charge >= 0.3 is 18.0 Å². The standard InChI is InChI=1S/C25H40NO8P/c1-23(2,3)32-20(27)17(16-35(30,31)18-13-11-10-12-14-18)15-19(21(28)33-24(4,5)6)26-22(29)34-25(7,8)9/h10-14,17,19H,15-16H2,1-9H3,(H,26,29)(H,30,31)/t17?,19-/m0/s1. The molecular weight excluding hydrogens is 473 g/mol. The van der Waals surface area contributed by atoms with Gasteiger partial charge < -0.3 is 24.4 Å². The lowest BCUT2D eigenvalue weighted by Gasteiger charge is -2.30. The van der Waals surface area contributed by atoms with Crippen LogP contribution in [0, 0.1) is 5.92 Å². The van der Waals surface area contributed by atoms with Crippen LogP contribution in [0.3, 0.4) is 0 Å². The fraction of sp³-hybridized carbons (Fsp3) is 0.640. The molecule has 0 bridgehead atoms. The van der Waals surface area contributed by atoms with Gasteiger partial charge in [-0.05, 0) is 80.9 Å². The van der Waals surface area contributed by atoms with Crippen LogP contribution in [-0.4, -0.2) is 51.9 Å². The lowest BCUT2D eigenvalue weighted by Crippen LogP contribution is -2.48. The molecule has 0 saturated heterocycles. The molecule has 0 aliphatic rings. The molecule has 2 N–H and O–H groups in total. The summed E-state index contributed by atoms with van der Waals surface area (Å²) in [6.07, 6.45) is -1.69. The van der Waals surface area contributed by atoms with Gasteiger partial charge in [0.15, 0.2) is 0 Å². The van der Waals surface area contributed by atoms with Gasteiger partial charge in [0, 0.05) is 11.5 Å². The SMILES string of the molecule is CC(C)(C)OC(=O)N[C@@H](CC(CP(=O)(O)c1ccccc1)C(=O)OC(C)(C)C)C(=O)OC(C)(C)C. The summed E-state index contributed by atoms with van der Waals surface area (Å²) < 4.78 is 29.4. The molecule has 0 fully saturated rings. The number of amides is 1. The van der Waals surface area contributed by atoms with Crippen molar-refractivity contribution in [2.24, 2.45) is 5.92 Å². The first-order valence-corrected chi connectivity index (χ1v) is 13.4. The molecule has 0 aromatic heterocycles. The van der Waals surface area contributed by atoms with Crippen molar-refractivity contribution in [1.82, 2.24) is 5.32 Å². The quantitative estimate of drug-likeness (QED) is 0.301. The van der Waals surface area contributed by atoms with Crippen LogP contribution in [0.15, 0.2) is 30.3 Å². The second-order valence-corrected chi connectivity index (χ2v) is 13.7. The zero-order valence-corrected chi connectivity index (χ0v) is 23.1. The first-order valence-electron chi connectivity index (χ1n) is 11.5. The highest BCUT2D eigenvalue weighted by Gasteiger charge is 2.38. The molecule has 0 aliphatic heterocycles. The Kier molecular flexibility index (Phi) is 10.1. The minimum absolute atomic E-state index is 0.169. The van der Waals surface area contributed by atoms with Gasteiger partial charge in [0.25, 0.3) is 0 Å². The Morgan fingerprint density at radius 2 is 1.29 bits per heavy atom. The topological polar surface area (TPSA) is 128 Å². The molecule has 1 rings (SSSR count). The van der Waals surface area contributed by atoms with Crippen LogP contribution >= 0.6 is 7.37 Å². The van der Waals surface area contributed by atoms with E-state index in [1.165, 1.54) is 12.1 Å². The van der Waals surface area contributed by atoms with Crippen molar-refractivity contribution in [2.45, 2.75) is 91.6 Å². The summed E-state index contributed by atoms with van der Waals surface area (Å²) in [4.78, 5) is 49.3. The number of ether oxygens (including phenoxy) is 3. The Bertz CT molecular complexity index is 926. The molecule has 0 aliphatic carbocycles. The van der Waals surface area contributed by atoms with E-state index in [0.717, 1.165) is 0 Å². The smallest absolute Gasteiger partial charge is 0.408 e. The van der Waals surface area contributed by atoms with Crippen molar-refractivity contribution in [3.8, 4) is 0 Å². The molecule has 0 spiro atoms. The summed E-state index contributed by atoms with van der Waals surface area (Å²) in [6.45, 7) is 15.0. The van der Waals surface area contributed by atoms with E-state index in [4.69, 9.17) is 14.2 Å². The third-order valence-electron chi connectivity index (χ3n) is 4.27. The van der Waals surface area contributed by atoms with Crippen molar-refractivity contribution >= 4 is 30.7 Å². The molecule has 1 aromatic carbocycles. The molecule has 35 heavy (non-hydrogen) atoms. The first-order chi connectivity index (χ1) is 15.7. The average Bonchev–Trinajstić information content (AvgIpc) is 2.63. The number of rotatable bonds is 8. The van der Waals surface area contributed by atoms with Gasteiger partial charge in [0.05, 0.1) is 5.92 Å². The molecule has 0 radical (unpaired) electrons. The van der Waals surface area contributed by atoms with Crippen molar-refractivity contribution in [1.29, 1.82) is 0 Å². The van der Waals surface area contributed by atoms with Crippen molar-refractivity contribution < 1.29 is 38.1 Å². The second kappa shape index (κ2) is 11.6. The number of hydrogen-bond acceptors (Lipinski definition) is 7. The summed E-state index contributed by atoms with van der Waals surface area (Å²) in [5.41, 5.74) is -2.58. The lowest BCUT2D eigenvalue weighted by molar-refractivity contribution is -0.162. The van der Waals surface area contributed by atoms with Crippen LogP contribution in [0.5, 0.6) is 0 Å². The van der Waals surface area contributed by atoms with Crippen LogP contribution in [0.25, 0.3) is 0 Å². The fourth-order valence-electron chi connectivity index (χ4n) is 3.02. The van der Waals surface area contributed by atoms with E-state index >= 15 is 0 Å². The van der Waals surface area contributed by atoms with Crippen molar-refractivity contribution in [3.05, 3.63) is 30.3 Å². The Morgan fingerprint density at radius 1 is 0.829 bits per heavy atom. The van der Waals surface area contributed by atoms with Crippen LogP contribution < -0.4 is 10.6 Å². The van der Waals surface area contributed by atoms with Crippen LogP contribution in [-0.2, 0) is 28.4 Å². The van der Waals surface area contributed by atoms with Gasteiger partial charge in [-0.15, -0.1) is 0 Å². The Labute approximate surface area is 208 Å². The highest BCUT2D eigenvalue weighted by molar-refractivity contribution is 7.66. The van der Waals surface area contributed by atoms with Crippen LogP contribution in [0.4, 0.5) is 4.79 Å². The predicted octanol–water partition coefficient (Wildman–Crippen LogP) is 4.17. The predicted molar refractivity (Wildman–Crippen MR) is 134 cm³/mol. The molecule has 1 aromatic rings. The molecule has 0 heterocycles. The van der Waals surface area contributed by atoms with Gasteiger partial charge in [-0.25, -0.2) is 9.59 Å². The minimum Gasteiger partial charge on any atom is -0.460 e. The minimum atomic E-state index is -4.01. The first kappa shape index (κ1) is 30.7. The molecule has 3 atom stereocenters. The van der Waals surface area contributed by atoms with E-state index in [1.54, 1.807) is 80.5 Å². The number of hydrogen-bond donors (Lipinski definition) is 2. The fourth-order valence-corrected chi connectivity index (χ4v) is 4.76. The molecule has 10 heteroatoms. The van der Waals surface area contributed by atoms with E-state index in [2.05, 4.69) is 5.32 Å². The van der Waals surface area contributed by atoms with Gasteiger partial charge in [0.2, 0.25) is 7.37 Å². The number of alkyl carbamates (subject to hydrolysis) is 1. The maximum absolute atomic E-state index is 13.2. The maximum Gasteiger partial charge on any atom is 0.408 e. The average molecular weight is 514 g/mol. The molecule has 198 valence electrons. The second-order valence-electron chi connectivity index (χ2n) is 11.4. The van der Waals surface area contributed by atoms with E-state index in [9.17, 15) is 23.8 Å². The summed E-state index contributed by atoms with van der Waals surface area (Å²) in [7, 11) is -4.01.